The van der Waals surface area contributed by atoms with Gasteiger partial charge in [-0.25, -0.2) is 0 Å². The van der Waals surface area contributed by atoms with Crippen molar-refractivity contribution in [2.45, 2.75) is 62.7 Å². The van der Waals surface area contributed by atoms with E-state index in [0.717, 1.165) is 23.3 Å². The quantitative estimate of drug-likeness (QED) is 0.758. The highest BCUT2D eigenvalue weighted by molar-refractivity contribution is 7.99. The van der Waals surface area contributed by atoms with Gasteiger partial charge in [-0.3, -0.25) is 0 Å². The standard InChI is InChI=1S/C12H22OS/c13-11(8-10-6-7-10)9-14-12-4-2-1-3-5-12/h10-13H,1-9H2. The molecule has 0 saturated heterocycles. The normalized spacial score (nSPS) is 26.4. The molecule has 0 aliphatic heterocycles. The van der Waals surface area contributed by atoms with Gasteiger partial charge in [0.2, 0.25) is 0 Å². The molecule has 2 saturated carbocycles. The second-order valence-electron chi connectivity index (χ2n) is 4.93. The lowest BCUT2D eigenvalue weighted by Crippen LogP contribution is -2.16. The molecule has 0 heterocycles. The van der Waals surface area contributed by atoms with E-state index in [2.05, 4.69) is 0 Å². The summed E-state index contributed by atoms with van der Waals surface area (Å²) in [6.07, 6.45) is 10.8. The van der Waals surface area contributed by atoms with Gasteiger partial charge in [0, 0.05) is 11.0 Å². The summed E-state index contributed by atoms with van der Waals surface area (Å²) in [7, 11) is 0. The number of hydrogen-bond donors (Lipinski definition) is 1. The highest BCUT2D eigenvalue weighted by atomic mass is 32.2. The predicted octanol–water partition coefficient (Wildman–Crippen LogP) is 3.21. The first-order valence-electron chi connectivity index (χ1n) is 6.14. The van der Waals surface area contributed by atoms with Crippen molar-refractivity contribution < 1.29 is 5.11 Å². The van der Waals surface area contributed by atoms with E-state index in [4.69, 9.17) is 0 Å². The first-order chi connectivity index (χ1) is 6.84. The number of rotatable bonds is 5. The van der Waals surface area contributed by atoms with Crippen LogP contribution in [0.3, 0.4) is 0 Å². The van der Waals surface area contributed by atoms with Crippen LogP contribution in [-0.2, 0) is 0 Å². The van der Waals surface area contributed by atoms with Crippen LogP contribution in [0.25, 0.3) is 0 Å². The predicted molar refractivity (Wildman–Crippen MR) is 62.7 cm³/mol. The monoisotopic (exact) mass is 214 g/mol. The van der Waals surface area contributed by atoms with E-state index in [1.54, 1.807) is 0 Å². The Morgan fingerprint density at radius 2 is 1.79 bits per heavy atom. The van der Waals surface area contributed by atoms with Gasteiger partial charge < -0.3 is 5.11 Å². The van der Waals surface area contributed by atoms with Gasteiger partial charge in [-0.15, -0.1) is 0 Å². The van der Waals surface area contributed by atoms with Crippen LogP contribution in [0, 0.1) is 5.92 Å². The van der Waals surface area contributed by atoms with Gasteiger partial charge in [0.25, 0.3) is 0 Å². The van der Waals surface area contributed by atoms with Crippen LogP contribution in [0.4, 0.5) is 0 Å². The largest absolute Gasteiger partial charge is 0.392 e. The van der Waals surface area contributed by atoms with Gasteiger partial charge in [-0.1, -0.05) is 32.1 Å². The molecule has 2 fully saturated rings. The topological polar surface area (TPSA) is 20.2 Å². The van der Waals surface area contributed by atoms with Crippen molar-refractivity contribution in [3.8, 4) is 0 Å². The second kappa shape index (κ2) is 5.41. The summed E-state index contributed by atoms with van der Waals surface area (Å²) in [6, 6.07) is 0. The molecule has 2 heteroatoms. The van der Waals surface area contributed by atoms with Gasteiger partial charge in [0.1, 0.15) is 0 Å². The molecule has 2 aliphatic rings. The maximum Gasteiger partial charge on any atom is 0.0633 e. The Hall–Kier alpha value is 0.310. The average molecular weight is 214 g/mol. The Morgan fingerprint density at radius 3 is 2.43 bits per heavy atom. The molecule has 0 aromatic carbocycles. The third-order valence-corrected chi connectivity index (χ3v) is 4.90. The number of thioether (sulfide) groups is 1. The second-order valence-corrected chi connectivity index (χ2v) is 6.26. The molecule has 0 aromatic heterocycles. The van der Waals surface area contributed by atoms with Crippen LogP contribution >= 0.6 is 11.8 Å². The van der Waals surface area contributed by atoms with Crippen molar-refractivity contribution in [2.75, 3.05) is 5.75 Å². The van der Waals surface area contributed by atoms with E-state index in [1.807, 2.05) is 11.8 Å². The molecule has 0 aromatic rings. The SMILES string of the molecule is OC(CSC1CCCCC1)CC1CC1. The minimum absolute atomic E-state index is 0.0190. The van der Waals surface area contributed by atoms with Crippen LogP contribution in [0.2, 0.25) is 0 Å². The van der Waals surface area contributed by atoms with Gasteiger partial charge >= 0.3 is 0 Å². The third kappa shape index (κ3) is 3.82. The van der Waals surface area contributed by atoms with Crippen LogP contribution in [-0.4, -0.2) is 22.2 Å². The summed E-state index contributed by atoms with van der Waals surface area (Å²) in [5.41, 5.74) is 0. The van der Waals surface area contributed by atoms with E-state index in [1.165, 1.54) is 44.9 Å². The average Bonchev–Trinajstić information content (AvgIpc) is 3.00. The van der Waals surface area contributed by atoms with Gasteiger partial charge in [0.05, 0.1) is 6.10 Å². The van der Waals surface area contributed by atoms with Gasteiger partial charge in [-0.2, -0.15) is 11.8 Å². The first-order valence-corrected chi connectivity index (χ1v) is 7.19. The van der Waals surface area contributed by atoms with Gasteiger partial charge in [-0.05, 0) is 25.2 Å². The fourth-order valence-corrected chi connectivity index (χ4v) is 3.58. The molecular formula is C12H22OS. The van der Waals surface area contributed by atoms with Crippen molar-refractivity contribution in [1.82, 2.24) is 0 Å². The van der Waals surface area contributed by atoms with Crippen LogP contribution < -0.4 is 0 Å². The van der Waals surface area contributed by atoms with Crippen molar-refractivity contribution >= 4 is 11.8 Å². The maximum absolute atomic E-state index is 9.77. The smallest absolute Gasteiger partial charge is 0.0633 e. The molecule has 0 spiro atoms. The molecular weight excluding hydrogens is 192 g/mol. The summed E-state index contributed by atoms with van der Waals surface area (Å²) in [5, 5.41) is 10.6. The minimum Gasteiger partial charge on any atom is -0.392 e. The zero-order valence-electron chi connectivity index (χ0n) is 8.95. The van der Waals surface area contributed by atoms with Crippen molar-refractivity contribution in [2.24, 2.45) is 5.92 Å². The molecule has 2 rings (SSSR count). The fourth-order valence-electron chi connectivity index (χ4n) is 2.29. The molecule has 14 heavy (non-hydrogen) atoms. The van der Waals surface area contributed by atoms with Crippen molar-refractivity contribution in [3.63, 3.8) is 0 Å². The lowest BCUT2D eigenvalue weighted by Gasteiger charge is -2.22. The van der Waals surface area contributed by atoms with E-state index < -0.39 is 0 Å². The number of hydrogen-bond acceptors (Lipinski definition) is 2. The molecule has 82 valence electrons. The van der Waals surface area contributed by atoms with E-state index in [-0.39, 0.29) is 6.10 Å². The van der Waals surface area contributed by atoms with Gasteiger partial charge in [0.15, 0.2) is 0 Å². The number of aliphatic hydroxyl groups excluding tert-OH is 1. The molecule has 1 atom stereocenters. The summed E-state index contributed by atoms with van der Waals surface area (Å²) in [6.45, 7) is 0. The maximum atomic E-state index is 9.77. The Labute approximate surface area is 91.7 Å². The summed E-state index contributed by atoms with van der Waals surface area (Å²) >= 11 is 2.03. The Balaban J connectivity index is 1.55. The lowest BCUT2D eigenvalue weighted by molar-refractivity contribution is 0.182. The Kier molecular flexibility index (Phi) is 4.18. The zero-order valence-corrected chi connectivity index (χ0v) is 9.77. The van der Waals surface area contributed by atoms with E-state index in [9.17, 15) is 5.11 Å². The first kappa shape index (κ1) is 10.8. The third-order valence-electron chi connectivity index (χ3n) is 3.38. The zero-order chi connectivity index (χ0) is 9.80. The van der Waals surface area contributed by atoms with Crippen LogP contribution in [0.1, 0.15) is 51.4 Å². The molecule has 1 unspecified atom stereocenters. The molecule has 0 radical (unpaired) electrons. The molecule has 1 nitrogen and oxygen atoms in total. The van der Waals surface area contributed by atoms with Crippen LogP contribution in [0.5, 0.6) is 0 Å². The molecule has 1 N–H and O–H groups in total. The number of aliphatic hydroxyl groups is 1. The van der Waals surface area contributed by atoms with E-state index in [0.29, 0.717) is 0 Å². The Bertz CT molecular complexity index is 162. The van der Waals surface area contributed by atoms with Crippen LogP contribution in [0.15, 0.2) is 0 Å². The minimum atomic E-state index is -0.0190. The summed E-state index contributed by atoms with van der Waals surface area (Å²) in [4.78, 5) is 0. The van der Waals surface area contributed by atoms with E-state index >= 15 is 0 Å². The summed E-state index contributed by atoms with van der Waals surface area (Å²) < 4.78 is 0. The molecule has 2 aliphatic carbocycles. The highest BCUT2D eigenvalue weighted by Crippen LogP contribution is 2.35. The lowest BCUT2D eigenvalue weighted by atomic mass is 10.0. The molecule has 0 bridgehead atoms. The Morgan fingerprint density at radius 1 is 1.07 bits per heavy atom. The highest BCUT2D eigenvalue weighted by Gasteiger charge is 2.25. The summed E-state index contributed by atoms with van der Waals surface area (Å²) in [5.74, 6) is 1.86. The van der Waals surface area contributed by atoms with Crippen molar-refractivity contribution in [3.05, 3.63) is 0 Å². The fraction of sp³-hybridized carbons (Fsp3) is 1.00. The molecule has 0 amide bonds. The van der Waals surface area contributed by atoms with Crippen molar-refractivity contribution in [1.29, 1.82) is 0 Å².